The Balaban J connectivity index is 1.79. The van der Waals surface area contributed by atoms with Gasteiger partial charge in [0, 0.05) is 27.8 Å². The molecule has 6 heteroatoms. The van der Waals surface area contributed by atoms with Crippen molar-refractivity contribution in [3.8, 4) is 11.3 Å². The minimum atomic E-state index is 0.884. The standard InChI is InChI=1S/C21H21IN4S/c1-5-17-20(26-11-13(2)10-14(3)19(26)23-17)25(4)21-24-18(12-27-21)15-6-8-16(22)9-7-15/h6-12H,5H2,1-4H3. The van der Waals surface area contributed by atoms with Gasteiger partial charge in [0.05, 0.1) is 11.4 Å². The van der Waals surface area contributed by atoms with Crippen molar-refractivity contribution in [2.45, 2.75) is 27.2 Å². The minimum absolute atomic E-state index is 0.884. The Morgan fingerprint density at radius 2 is 1.89 bits per heavy atom. The van der Waals surface area contributed by atoms with Crippen LogP contribution in [0.4, 0.5) is 10.9 Å². The highest BCUT2D eigenvalue weighted by Gasteiger charge is 2.20. The summed E-state index contributed by atoms with van der Waals surface area (Å²) in [5, 5.41) is 3.10. The number of imidazole rings is 1. The van der Waals surface area contributed by atoms with Gasteiger partial charge in [0.15, 0.2) is 5.13 Å². The highest BCUT2D eigenvalue weighted by molar-refractivity contribution is 14.1. The lowest BCUT2D eigenvalue weighted by atomic mass is 10.2. The Kier molecular flexibility index (Phi) is 4.94. The molecule has 3 heterocycles. The topological polar surface area (TPSA) is 33.4 Å². The molecule has 0 aliphatic heterocycles. The van der Waals surface area contributed by atoms with E-state index in [2.05, 4.69) is 102 Å². The average molecular weight is 488 g/mol. The molecule has 0 amide bonds. The number of fused-ring (bicyclic) bond motifs is 1. The van der Waals surface area contributed by atoms with E-state index in [4.69, 9.17) is 9.97 Å². The van der Waals surface area contributed by atoms with Gasteiger partial charge in [0.2, 0.25) is 0 Å². The molecule has 4 rings (SSSR count). The van der Waals surface area contributed by atoms with Gasteiger partial charge in [-0.05, 0) is 66.1 Å². The summed E-state index contributed by atoms with van der Waals surface area (Å²) >= 11 is 3.99. The second-order valence-electron chi connectivity index (χ2n) is 6.71. The highest BCUT2D eigenvalue weighted by Crippen LogP contribution is 2.34. The molecule has 4 aromatic rings. The Labute approximate surface area is 177 Å². The first-order valence-corrected chi connectivity index (χ1v) is 10.9. The van der Waals surface area contributed by atoms with Crippen LogP contribution in [0.3, 0.4) is 0 Å². The first kappa shape index (κ1) is 18.4. The van der Waals surface area contributed by atoms with Gasteiger partial charge in [-0.1, -0.05) is 25.1 Å². The van der Waals surface area contributed by atoms with E-state index < -0.39 is 0 Å². The quantitative estimate of drug-likeness (QED) is 0.330. The number of benzene rings is 1. The zero-order valence-corrected chi connectivity index (χ0v) is 18.8. The number of anilines is 2. The first-order valence-electron chi connectivity index (χ1n) is 8.91. The van der Waals surface area contributed by atoms with Crippen molar-refractivity contribution < 1.29 is 0 Å². The summed E-state index contributed by atoms with van der Waals surface area (Å²) in [4.78, 5) is 11.9. The van der Waals surface area contributed by atoms with Crippen molar-refractivity contribution in [3.05, 3.63) is 62.3 Å². The molecule has 3 aromatic heterocycles. The van der Waals surface area contributed by atoms with Crippen LogP contribution in [0.25, 0.3) is 16.9 Å². The number of halogens is 1. The number of rotatable bonds is 4. The maximum Gasteiger partial charge on any atom is 0.191 e. The van der Waals surface area contributed by atoms with E-state index in [0.717, 1.165) is 40.0 Å². The minimum Gasteiger partial charge on any atom is -0.305 e. The van der Waals surface area contributed by atoms with Gasteiger partial charge in [0.25, 0.3) is 0 Å². The lowest BCUT2D eigenvalue weighted by molar-refractivity contribution is 1.01. The van der Waals surface area contributed by atoms with Crippen LogP contribution in [-0.4, -0.2) is 21.4 Å². The molecule has 0 unspecified atom stereocenters. The molecule has 0 aliphatic rings. The average Bonchev–Trinajstić information content (AvgIpc) is 3.26. The molecule has 0 saturated heterocycles. The van der Waals surface area contributed by atoms with E-state index in [1.807, 2.05) is 0 Å². The molecule has 0 N–H and O–H groups in total. The van der Waals surface area contributed by atoms with E-state index in [1.165, 1.54) is 14.7 Å². The van der Waals surface area contributed by atoms with Crippen molar-refractivity contribution >= 4 is 50.5 Å². The van der Waals surface area contributed by atoms with Gasteiger partial charge in [-0.3, -0.25) is 4.40 Å². The van der Waals surface area contributed by atoms with Crippen molar-refractivity contribution in [1.82, 2.24) is 14.4 Å². The smallest absolute Gasteiger partial charge is 0.191 e. The molecule has 1 aromatic carbocycles. The number of thiazole rings is 1. The third-order valence-electron chi connectivity index (χ3n) is 4.66. The molecule has 0 fully saturated rings. The zero-order chi connectivity index (χ0) is 19.1. The van der Waals surface area contributed by atoms with Gasteiger partial charge < -0.3 is 4.90 Å². The predicted octanol–water partition coefficient (Wildman–Crippen LogP) is 6.01. The summed E-state index contributed by atoms with van der Waals surface area (Å²) in [7, 11) is 2.08. The van der Waals surface area contributed by atoms with Crippen LogP contribution in [0, 0.1) is 17.4 Å². The van der Waals surface area contributed by atoms with Crippen molar-refractivity contribution in [1.29, 1.82) is 0 Å². The van der Waals surface area contributed by atoms with Crippen LogP contribution in [-0.2, 0) is 6.42 Å². The lowest BCUT2D eigenvalue weighted by Crippen LogP contribution is -2.13. The van der Waals surface area contributed by atoms with E-state index in [0.29, 0.717) is 0 Å². The molecule has 0 saturated carbocycles. The Bertz CT molecular complexity index is 1110. The third kappa shape index (κ3) is 3.36. The normalized spacial score (nSPS) is 11.3. The first-order chi connectivity index (χ1) is 13.0. The number of hydrogen-bond donors (Lipinski definition) is 0. The molecule has 0 radical (unpaired) electrons. The number of nitrogens with zero attached hydrogens (tertiary/aromatic N) is 4. The molecule has 0 atom stereocenters. The van der Waals surface area contributed by atoms with E-state index >= 15 is 0 Å². The van der Waals surface area contributed by atoms with Crippen molar-refractivity contribution in [2.75, 3.05) is 11.9 Å². The van der Waals surface area contributed by atoms with E-state index in [9.17, 15) is 0 Å². The van der Waals surface area contributed by atoms with Crippen molar-refractivity contribution in [2.24, 2.45) is 0 Å². The van der Waals surface area contributed by atoms with Crippen LogP contribution in [0.5, 0.6) is 0 Å². The maximum absolute atomic E-state index is 4.89. The van der Waals surface area contributed by atoms with E-state index in [1.54, 1.807) is 11.3 Å². The maximum atomic E-state index is 4.89. The fourth-order valence-electron chi connectivity index (χ4n) is 3.37. The fourth-order valence-corrected chi connectivity index (χ4v) is 4.53. The third-order valence-corrected chi connectivity index (χ3v) is 6.29. The summed E-state index contributed by atoms with van der Waals surface area (Å²) in [5.41, 5.74) is 6.70. The molecular formula is C21H21IN4S. The summed E-state index contributed by atoms with van der Waals surface area (Å²) in [6, 6.07) is 10.7. The van der Waals surface area contributed by atoms with Crippen LogP contribution in [0.15, 0.2) is 41.9 Å². The number of pyridine rings is 1. The SMILES string of the molecule is CCc1nc2c(C)cc(C)cn2c1N(C)c1nc(-c2ccc(I)cc2)cs1. The van der Waals surface area contributed by atoms with Gasteiger partial charge in [-0.15, -0.1) is 11.3 Å². The van der Waals surface area contributed by atoms with Crippen LogP contribution >= 0.6 is 33.9 Å². The monoisotopic (exact) mass is 488 g/mol. The predicted molar refractivity (Wildman–Crippen MR) is 122 cm³/mol. The van der Waals surface area contributed by atoms with Crippen LogP contribution in [0.2, 0.25) is 0 Å². The molecule has 0 spiro atoms. The van der Waals surface area contributed by atoms with E-state index in [-0.39, 0.29) is 0 Å². The summed E-state index contributed by atoms with van der Waals surface area (Å²) in [5.74, 6) is 1.10. The Hall–Kier alpha value is -1.93. The van der Waals surface area contributed by atoms with Gasteiger partial charge >= 0.3 is 0 Å². The largest absolute Gasteiger partial charge is 0.305 e. The van der Waals surface area contributed by atoms with Gasteiger partial charge in [-0.25, -0.2) is 9.97 Å². The molecular weight excluding hydrogens is 467 g/mol. The van der Waals surface area contributed by atoms with Gasteiger partial charge in [0.1, 0.15) is 11.5 Å². The van der Waals surface area contributed by atoms with Crippen LogP contribution < -0.4 is 4.90 Å². The lowest BCUT2D eigenvalue weighted by Gasteiger charge is -2.17. The molecule has 0 aliphatic carbocycles. The molecule has 0 bridgehead atoms. The molecule has 4 nitrogen and oxygen atoms in total. The zero-order valence-electron chi connectivity index (χ0n) is 15.8. The second-order valence-corrected chi connectivity index (χ2v) is 8.79. The second kappa shape index (κ2) is 7.24. The number of aromatic nitrogens is 3. The van der Waals surface area contributed by atoms with Crippen LogP contribution in [0.1, 0.15) is 23.7 Å². The highest BCUT2D eigenvalue weighted by atomic mass is 127. The summed E-state index contributed by atoms with van der Waals surface area (Å²) in [6.07, 6.45) is 3.04. The van der Waals surface area contributed by atoms with Crippen molar-refractivity contribution in [3.63, 3.8) is 0 Å². The molecule has 138 valence electrons. The fraction of sp³-hybridized carbons (Fsp3) is 0.238. The Morgan fingerprint density at radius 1 is 1.15 bits per heavy atom. The summed E-state index contributed by atoms with van der Waals surface area (Å²) < 4.78 is 3.43. The van der Waals surface area contributed by atoms with Gasteiger partial charge in [-0.2, -0.15) is 0 Å². The Morgan fingerprint density at radius 3 is 2.59 bits per heavy atom. The number of hydrogen-bond acceptors (Lipinski definition) is 4. The molecule has 27 heavy (non-hydrogen) atoms. The summed E-state index contributed by atoms with van der Waals surface area (Å²) in [6.45, 7) is 6.40. The number of aryl methyl sites for hydroxylation is 3.